The fraction of sp³-hybridized carbons (Fsp3) is 0.240. The number of rotatable bonds is 6. The van der Waals surface area contributed by atoms with Gasteiger partial charge in [0.25, 0.3) is 11.8 Å². The van der Waals surface area contributed by atoms with Crippen LogP contribution in [0.2, 0.25) is 0 Å². The number of carbonyl (C=O) groups excluding carboxylic acids is 2. The van der Waals surface area contributed by atoms with Crippen LogP contribution in [0, 0.1) is 0 Å². The van der Waals surface area contributed by atoms with Gasteiger partial charge in [0, 0.05) is 5.39 Å². The van der Waals surface area contributed by atoms with Crippen molar-refractivity contribution in [3.8, 4) is 11.5 Å². The SMILES string of the molecule is CCOc1cc(C=NN2C(=O)c3ccc4c5c(ccc(c35)C2=O)CC4)cc(Br)c1OCC. The lowest BCUT2D eigenvalue weighted by atomic mass is 9.92. The van der Waals surface area contributed by atoms with Crippen LogP contribution in [-0.4, -0.2) is 36.3 Å². The van der Waals surface area contributed by atoms with Crippen molar-refractivity contribution in [3.05, 3.63) is 68.7 Å². The quantitative estimate of drug-likeness (QED) is 0.353. The summed E-state index contributed by atoms with van der Waals surface area (Å²) in [5.41, 5.74) is 4.09. The first kappa shape index (κ1) is 20.7. The van der Waals surface area contributed by atoms with Gasteiger partial charge in [-0.1, -0.05) is 12.1 Å². The zero-order valence-corrected chi connectivity index (χ0v) is 19.4. The molecule has 1 aliphatic heterocycles. The monoisotopic (exact) mass is 492 g/mol. The van der Waals surface area contributed by atoms with E-state index in [1.165, 1.54) is 17.3 Å². The highest BCUT2D eigenvalue weighted by atomic mass is 79.9. The van der Waals surface area contributed by atoms with Gasteiger partial charge in [0.15, 0.2) is 11.5 Å². The third-order valence-corrected chi connectivity index (χ3v) is 6.37. The molecule has 162 valence electrons. The van der Waals surface area contributed by atoms with Gasteiger partial charge in [-0.2, -0.15) is 10.1 Å². The Hall–Kier alpha value is -3.19. The summed E-state index contributed by atoms with van der Waals surface area (Å²) in [6.07, 6.45) is 3.37. The van der Waals surface area contributed by atoms with E-state index in [1.807, 2.05) is 44.2 Å². The number of aryl methyl sites for hydroxylation is 2. The lowest BCUT2D eigenvalue weighted by molar-refractivity contribution is 0.0616. The van der Waals surface area contributed by atoms with Crippen molar-refractivity contribution in [2.45, 2.75) is 26.7 Å². The maximum atomic E-state index is 13.2. The Morgan fingerprint density at radius 1 is 0.938 bits per heavy atom. The zero-order valence-electron chi connectivity index (χ0n) is 17.8. The number of hydrogen-bond donors (Lipinski definition) is 0. The molecule has 2 amide bonds. The van der Waals surface area contributed by atoms with Crippen LogP contribution in [0.25, 0.3) is 10.8 Å². The molecule has 5 rings (SSSR count). The van der Waals surface area contributed by atoms with E-state index in [9.17, 15) is 9.59 Å². The van der Waals surface area contributed by atoms with E-state index in [0.29, 0.717) is 45.9 Å². The van der Waals surface area contributed by atoms with E-state index in [-0.39, 0.29) is 0 Å². The molecule has 7 heteroatoms. The minimum absolute atomic E-state index is 0.413. The molecule has 1 aliphatic carbocycles. The Kier molecular flexibility index (Phi) is 5.21. The molecule has 3 aromatic rings. The second-order valence-electron chi connectivity index (χ2n) is 7.66. The third kappa shape index (κ3) is 3.19. The van der Waals surface area contributed by atoms with Gasteiger partial charge < -0.3 is 9.47 Å². The summed E-state index contributed by atoms with van der Waals surface area (Å²) in [5.74, 6) is 0.346. The molecule has 32 heavy (non-hydrogen) atoms. The number of ether oxygens (including phenoxy) is 2. The van der Waals surface area contributed by atoms with Crippen molar-refractivity contribution < 1.29 is 19.1 Å². The molecule has 0 spiro atoms. The smallest absolute Gasteiger partial charge is 0.282 e. The van der Waals surface area contributed by atoms with E-state index < -0.39 is 11.8 Å². The molecule has 3 aromatic carbocycles. The lowest BCUT2D eigenvalue weighted by Gasteiger charge is -2.23. The summed E-state index contributed by atoms with van der Waals surface area (Å²) in [7, 11) is 0. The maximum Gasteiger partial charge on any atom is 0.282 e. The highest BCUT2D eigenvalue weighted by Gasteiger charge is 2.35. The Labute approximate surface area is 193 Å². The largest absolute Gasteiger partial charge is 0.490 e. The number of nitrogens with zero attached hydrogens (tertiary/aromatic N) is 2. The van der Waals surface area contributed by atoms with Crippen molar-refractivity contribution in [1.82, 2.24) is 5.01 Å². The summed E-state index contributed by atoms with van der Waals surface area (Å²) in [6, 6.07) is 11.2. The number of benzene rings is 3. The maximum absolute atomic E-state index is 13.2. The van der Waals surface area contributed by atoms with E-state index >= 15 is 0 Å². The molecule has 0 fully saturated rings. The van der Waals surface area contributed by atoms with Gasteiger partial charge in [0.1, 0.15) is 0 Å². The minimum Gasteiger partial charge on any atom is -0.490 e. The summed E-state index contributed by atoms with van der Waals surface area (Å²) in [6.45, 7) is 4.76. The predicted molar refractivity (Wildman–Crippen MR) is 126 cm³/mol. The first-order valence-electron chi connectivity index (χ1n) is 10.6. The van der Waals surface area contributed by atoms with Gasteiger partial charge in [-0.25, -0.2) is 0 Å². The van der Waals surface area contributed by atoms with Gasteiger partial charge in [-0.05, 0) is 89.0 Å². The first-order chi connectivity index (χ1) is 15.5. The van der Waals surface area contributed by atoms with Crippen LogP contribution in [0.15, 0.2) is 46.0 Å². The van der Waals surface area contributed by atoms with Gasteiger partial charge >= 0.3 is 0 Å². The predicted octanol–water partition coefficient (Wildman–Crippen LogP) is 5.13. The van der Waals surface area contributed by atoms with Crippen molar-refractivity contribution in [1.29, 1.82) is 0 Å². The Balaban J connectivity index is 1.53. The standard InChI is InChI=1S/C25H21BrN2O4/c1-3-31-20-12-14(11-19(26)23(20)32-4-2)13-27-28-24(29)17-9-7-15-5-6-16-8-10-18(25(28)30)22(17)21(15)16/h7-13H,3-6H2,1-2H3. The third-order valence-electron chi connectivity index (χ3n) is 5.79. The van der Waals surface area contributed by atoms with Crippen LogP contribution >= 0.6 is 15.9 Å². The van der Waals surface area contributed by atoms with Crippen LogP contribution in [0.1, 0.15) is 51.3 Å². The molecule has 1 heterocycles. The summed E-state index contributed by atoms with van der Waals surface area (Å²) < 4.78 is 12.1. The molecule has 0 saturated heterocycles. The zero-order chi connectivity index (χ0) is 22.4. The summed E-state index contributed by atoms with van der Waals surface area (Å²) in [4.78, 5) is 26.4. The van der Waals surface area contributed by atoms with Crippen LogP contribution in [0.5, 0.6) is 11.5 Å². The fourth-order valence-corrected chi connectivity index (χ4v) is 5.02. The number of halogens is 1. The molecular formula is C25H21BrN2O4. The normalized spacial score (nSPS) is 14.7. The average Bonchev–Trinajstić information content (AvgIpc) is 3.21. The van der Waals surface area contributed by atoms with Crippen LogP contribution in [0.4, 0.5) is 0 Å². The van der Waals surface area contributed by atoms with E-state index in [0.717, 1.165) is 28.6 Å². The second-order valence-corrected chi connectivity index (χ2v) is 8.51. The molecule has 0 saturated carbocycles. The highest BCUT2D eigenvalue weighted by molar-refractivity contribution is 9.10. The van der Waals surface area contributed by atoms with Gasteiger partial charge in [-0.15, -0.1) is 0 Å². The summed E-state index contributed by atoms with van der Waals surface area (Å²) in [5, 5.41) is 7.04. The van der Waals surface area contributed by atoms with E-state index in [2.05, 4.69) is 21.0 Å². The van der Waals surface area contributed by atoms with Gasteiger partial charge in [0.05, 0.1) is 35.0 Å². The van der Waals surface area contributed by atoms with Crippen LogP contribution < -0.4 is 9.47 Å². The van der Waals surface area contributed by atoms with Gasteiger partial charge in [-0.3, -0.25) is 9.59 Å². The molecule has 0 atom stereocenters. The highest BCUT2D eigenvalue weighted by Crippen LogP contribution is 2.39. The number of imide groups is 1. The molecule has 0 unspecified atom stereocenters. The number of hydrogen-bond acceptors (Lipinski definition) is 5. The van der Waals surface area contributed by atoms with Crippen LogP contribution in [-0.2, 0) is 12.8 Å². The summed E-state index contributed by atoms with van der Waals surface area (Å²) >= 11 is 3.50. The average molecular weight is 493 g/mol. The molecule has 2 aliphatic rings. The Bertz CT molecular complexity index is 1260. The van der Waals surface area contributed by atoms with Crippen molar-refractivity contribution in [3.63, 3.8) is 0 Å². The molecule has 6 nitrogen and oxygen atoms in total. The van der Waals surface area contributed by atoms with Crippen LogP contribution in [0.3, 0.4) is 0 Å². The van der Waals surface area contributed by atoms with Crippen molar-refractivity contribution in [2.24, 2.45) is 5.10 Å². The topological polar surface area (TPSA) is 68.2 Å². The Morgan fingerprint density at radius 3 is 2.16 bits per heavy atom. The second kappa shape index (κ2) is 8.06. The Morgan fingerprint density at radius 2 is 1.56 bits per heavy atom. The van der Waals surface area contributed by atoms with E-state index in [4.69, 9.17) is 9.47 Å². The van der Waals surface area contributed by atoms with Crippen molar-refractivity contribution in [2.75, 3.05) is 13.2 Å². The molecule has 0 aromatic heterocycles. The molecule has 0 bridgehead atoms. The van der Waals surface area contributed by atoms with Gasteiger partial charge in [0.2, 0.25) is 0 Å². The molecule has 0 N–H and O–H groups in total. The lowest BCUT2D eigenvalue weighted by Crippen LogP contribution is -2.36. The molecular weight excluding hydrogens is 472 g/mol. The number of carbonyl (C=O) groups is 2. The number of hydrazone groups is 1. The number of amides is 2. The minimum atomic E-state index is -0.413. The van der Waals surface area contributed by atoms with Crippen molar-refractivity contribution >= 4 is 44.7 Å². The first-order valence-corrected chi connectivity index (χ1v) is 11.4. The fourth-order valence-electron chi connectivity index (χ4n) is 4.44. The van der Waals surface area contributed by atoms with E-state index in [1.54, 1.807) is 6.07 Å². The molecule has 0 radical (unpaired) electrons.